The fourth-order valence-corrected chi connectivity index (χ4v) is 3.97. The predicted octanol–water partition coefficient (Wildman–Crippen LogP) is 2.69. The normalized spacial score (nSPS) is 16.6. The molecule has 3 aromatic rings. The third-order valence-electron chi connectivity index (χ3n) is 5.74. The van der Waals surface area contributed by atoms with E-state index in [1.807, 2.05) is 62.6 Å². The number of nitrogens with zero attached hydrogens (tertiary/aromatic N) is 4. The quantitative estimate of drug-likeness (QED) is 0.658. The zero-order chi connectivity index (χ0) is 21.1. The Bertz CT molecular complexity index is 1020. The number of piperidine rings is 1. The summed E-state index contributed by atoms with van der Waals surface area (Å²) in [5.41, 5.74) is 2.96. The van der Waals surface area contributed by atoms with Crippen LogP contribution in [-0.4, -0.2) is 60.0 Å². The molecule has 1 aliphatic rings. The number of para-hydroxylation sites is 1. The maximum Gasteiger partial charge on any atom is 0.227 e. The number of aromatic nitrogens is 3. The molecule has 3 heterocycles. The van der Waals surface area contributed by atoms with E-state index < -0.39 is 0 Å². The first-order valence-corrected chi connectivity index (χ1v) is 10.6. The van der Waals surface area contributed by atoms with E-state index in [2.05, 4.69) is 10.3 Å². The lowest BCUT2D eigenvalue weighted by atomic mass is 9.99. The van der Waals surface area contributed by atoms with Crippen LogP contribution in [0.15, 0.2) is 36.5 Å². The predicted molar refractivity (Wildman–Crippen MR) is 120 cm³/mol. The summed E-state index contributed by atoms with van der Waals surface area (Å²) in [7, 11) is 5.82. The van der Waals surface area contributed by atoms with Gasteiger partial charge in [0.25, 0.3) is 0 Å². The van der Waals surface area contributed by atoms with Crippen molar-refractivity contribution in [1.29, 1.82) is 0 Å². The summed E-state index contributed by atoms with van der Waals surface area (Å²) in [6, 6.07) is 10.0. The lowest BCUT2D eigenvalue weighted by Crippen LogP contribution is -2.31. The van der Waals surface area contributed by atoms with Crippen molar-refractivity contribution in [3.05, 3.63) is 53.6 Å². The first-order valence-electron chi connectivity index (χ1n) is 10.6. The summed E-state index contributed by atoms with van der Waals surface area (Å²) in [6.07, 6.45) is 4.53. The number of rotatable bonds is 6. The Hall–Kier alpha value is -2.93. The highest BCUT2D eigenvalue weighted by Crippen LogP contribution is 2.23. The summed E-state index contributed by atoms with van der Waals surface area (Å²) in [5, 5.41) is 4.54. The van der Waals surface area contributed by atoms with Crippen molar-refractivity contribution in [2.45, 2.75) is 31.7 Å². The van der Waals surface area contributed by atoms with Gasteiger partial charge in [0.15, 0.2) is 0 Å². The zero-order valence-corrected chi connectivity index (χ0v) is 18.0. The van der Waals surface area contributed by atoms with Gasteiger partial charge in [-0.3, -0.25) is 4.79 Å². The molecule has 1 aliphatic heterocycles. The Balaban J connectivity index is 1.50. The van der Waals surface area contributed by atoms with Crippen molar-refractivity contribution in [2.24, 2.45) is 0 Å². The largest absolute Gasteiger partial charge is 0.363 e. The molecule has 30 heavy (non-hydrogen) atoms. The second-order valence-corrected chi connectivity index (χ2v) is 8.30. The van der Waals surface area contributed by atoms with E-state index in [0.717, 1.165) is 59.7 Å². The monoisotopic (exact) mass is 406 g/mol. The Morgan fingerprint density at radius 2 is 2.03 bits per heavy atom. The molecule has 0 bridgehead atoms. The van der Waals surface area contributed by atoms with Crippen LogP contribution in [0.3, 0.4) is 0 Å². The molecule has 1 atom stereocenters. The van der Waals surface area contributed by atoms with Crippen LogP contribution in [0.4, 0.5) is 5.82 Å². The van der Waals surface area contributed by atoms with E-state index in [1.165, 1.54) is 0 Å². The number of fused-ring (bicyclic) bond motifs is 1. The summed E-state index contributed by atoms with van der Waals surface area (Å²) >= 11 is 0. The Morgan fingerprint density at radius 3 is 2.80 bits per heavy atom. The summed E-state index contributed by atoms with van der Waals surface area (Å²) in [5.74, 6) is 2.16. The highest BCUT2D eigenvalue weighted by molar-refractivity contribution is 5.88. The van der Waals surface area contributed by atoms with Crippen LogP contribution in [0, 0.1) is 0 Å². The number of hydrogen-bond donors (Lipinski definition) is 2. The molecule has 1 saturated heterocycles. The number of aromatic amines is 1. The maximum absolute atomic E-state index is 12.9. The minimum atomic E-state index is 0.0747. The Labute approximate surface area is 177 Å². The molecule has 0 saturated carbocycles. The number of anilines is 1. The second-order valence-electron chi connectivity index (χ2n) is 8.30. The van der Waals surface area contributed by atoms with Crippen LogP contribution >= 0.6 is 0 Å². The van der Waals surface area contributed by atoms with Gasteiger partial charge >= 0.3 is 0 Å². The summed E-state index contributed by atoms with van der Waals surface area (Å²) in [4.78, 5) is 29.5. The van der Waals surface area contributed by atoms with Crippen LogP contribution in [0.2, 0.25) is 0 Å². The number of nitrogens with one attached hydrogen (secondary N) is 2. The van der Waals surface area contributed by atoms with E-state index in [9.17, 15) is 4.79 Å². The number of amides is 1. The van der Waals surface area contributed by atoms with Crippen LogP contribution in [-0.2, 0) is 17.8 Å². The van der Waals surface area contributed by atoms with E-state index in [1.54, 1.807) is 4.90 Å². The Kier molecular flexibility index (Phi) is 5.99. The van der Waals surface area contributed by atoms with Crippen LogP contribution in [0.25, 0.3) is 10.9 Å². The molecule has 1 aromatic carbocycles. The number of carbonyl (C=O) groups is 1. The third-order valence-corrected chi connectivity index (χ3v) is 5.74. The lowest BCUT2D eigenvalue weighted by Gasteiger charge is -2.24. The molecule has 4 rings (SSSR count). The highest BCUT2D eigenvalue weighted by atomic mass is 16.2. The number of benzene rings is 1. The number of H-pyrrole nitrogens is 1. The molecular weight excluding hydrogens is 376 g/mol. The van der Waals surface area contributed by atoms with Gasteiger partial charge in [0.1, 0.15) is 11.6 Å². The van der Waals surface area contributed by atoms with Gasteiger partial charge in [0.2, 0.25) is 5.91 Å². The molecule has 158 valence electrons. The molecule has 0 aliphatic carbocycles. The van der Waals surface area contributed by atoms with Crippen molar-refractivity contribution >= 4 is 22.6 Å². The topological polar surface area (TPSA) is 77.2 Å². The molecule has 7 nitrogen and oxygen atoms in total. The zero-order valence-electron chi connectivity index (χ0n) is 18.0. The van der Waals surface area contributed by atoms with Gasteiger partial charge in [-0.2, -0.15) is 0 Å². The average molecular weight is 407 g/mol. The maximum atomic E-state index is 12.9. The smallest absolute Gasteiger partial charge is 0.227 e. The van der Waals surface area contributed by atoms with Crippen LogP contribution in [0.5, 0.6) is 0 Å². The molecular formula is C23H30N6O. The molecule has 0 unspecified atom stereocenters. The standard InChI is InChI=1S/C23H30N6O/c1-28(2)21-12-18(26-23(27-21)16-7-6-10-24-13-16)15-29(3)22(30)11-17-14-25-20-9-5-4-8-19(17)20/h4-5,8-9,12,14,16,24-25H,6-7,10-11,13,15H2,1-3H3/t16-/m1/s1. The average Bonchev–Trinajstić information content (AvgIpc) is 3.17. The third kappa shape index (κ3) is 4.46. The van der Waals surface area contributed by atoms with Crippen molar-refractivity contribution in [1.82, 2.24) is 25.2 Å². The van der Waals surface area contributed by atoms with Gasteiger partial charge in [-0.05, 0) is 31.0 Å². The highest BCUT2D eigenvalue weighted by Gasteiger charge is 2.21. The van der Waals surface area contributed by atoms with Gasteiger partial charge in [-0.15, -0.1) is 0 Å². The van der Waals surface area contributed by atoms with E-state index in [-0.39, 0.29) is 5.91 Å². The van der Waals surface area contributed by atoms with E-state index >= 15 is 0 Å². The van der Waals surface area contributed by atoms with E-state index in [0.29, 0.717) is 18.9 Å². The molecule has 2 N–H and O–H groups in total. The van der Waals surface area contributed by atoms with Gasteiger partial charge in [-0.25, -0.2) is 9.97 Å². The second kappa shape index (κ2) is 8.83. The minimum Gasteiger partial charge on any atom is -0.363 e. The van der Waals surface area contributed by atoms with Gasteiger partial charge < -0.3 is 20.1 Å². The first-order chi connectivity index (χ1) is 14.5. The fraction of sp³-hybridized carbons (Fsp3) is 0.435. The molecule has 1 amide bonds. The SMILES string of the molecule is CN(Cc1cc(N(C)C)nc([C@@H]2CCCNC2)n1)C(=O)Cc1c[nH]c2ccccc12. The molecule has 2 aromatic heterocycles. The fourth-order valence-electron chi connectivity index (χ4n) is 3.97. The van der Waals surface area contributed by atoms with Crippen molar-refractivity contribution < 1.29 is 4.79 Å². The molecule has 0 spiro atoms. The molecule has 7 heteroatoms. The van der Waals surface area contributed by atoms with Gasteiger partial charge in [-0.1, -0.05) is 18.2 Å². The van der Waals surface area contributed by atoms with Crippen molar-refractivity contribution in [3.63, 3.8) is 0 Å². The summed E-state index contributed by atoms with van der Waals surface area (Å²) in [6.45, 7) is 2.44. The molecule has 1 fully saturated rings. The van der Waals surface area contributed by atoms with Gasteiger partial charge in [0, 0.05) is 56.8 Å². The first kappa shape index (κ1) is 20.3. The number of carbonyl (C=O) groups excluding carboxylic acids is 1. The Morgan fingerprint density at radius 1 is 1.20 bits per heavy atom. The van der Waals surface area contributed by atoms with Crippen molar-refractivity contribution in [3.8, 4) is 0 Å². The minimum absolute atomic E-state index is 0.0747. The molecule has 0 radical (unpaired) electrons. The van der Waals surface area contributed by atoms with Crippen LogP contribution < -0.4 is 10.2 Å². The summed E-state index contributed by atoms with van der Waals surface area (Å²) < 4.78 is 0. The van der Waals surface area contributed by atoms with Crippen LogP contribution in [0.1, 0.15) is 35.8 Å². The lowest BCUT2D eigenvalue weighted by molar-refractivity contribution is -0.129. The number of hydrogen-bond acceptors (Lipinski definition) is 5. The van der Waals surface area contributed by atoms with E-state index in [4.69, 9.17) is 9.97 Å². The van der Waals surface area contributed by atoms with Crippen molar-refractivity contribution in [2.75, 3.05) is 39.1 Å². The number of likely N-dealkylation sites (N-methyl/N-ethyl adjacent to an activating group) is 1. The van der Waals surface area contributed by atoms with Gasteiger partial charge in [0.05, 0.1) is 18.7 Å².